The second kappa shape index (κ2) is 6.45. The number of benzene rings is 1. The third kappa shape index (κ3) is 3.29. The smallest absolute Gasteiger partial charge is 0.123 e. The largest absolute Gasteiger partial charge is 0.383 e. The molecule has 1 aromatic carbocycles. The molecule has 0 spiro atoms. The van der Waals surface area contributed by atoms with Gasteiger partial charge in [-0.05, 0) is 60.6 Å². The topological polar surface area (TPSA) is 21.3 Å². The van der Waals surface area contributed by atoms with Crippen molar-refractivity contribution in [3.8, 4) is 0 Å². The van der Waals surface area contributed by atoms with Crippen LogP contribution in [0, 0.1) is 23.1 Å². The number of fused-ring (bicyclic) bond motifs is 2. The molecule has 3 unspecified atom stereocenters. The quantitative estimate of drug-likeness (QED) is 0.777. The first-order valence-electron chi connectivity index (χ1n) is 8.16. The first-order valence-corrected chi connectivity index (χ1v) is 8.16. The van der Waals surface area contributed by atoms with E-state index in [1.807, 2.05) is 12.1 Å². The number of ether oxygens (including phenoxy) is 1. The van der Waals surface area contributed by atoms with Crippen molar-refractivity contribution in [2.24, 2.45) is 17.3 Å². The van der Waals surface area contributed by atoms with Crippen LogP contribution >= 0.6 is 0 Å². The minimum absolute atomic E-state index is 0.140. The number of methoxy groups -OCH3 is 1. The molecule has 116 valence electrons. The van der Waals surface area contributed by atoms with Crippen molar-refractivity contribution < 1.29 is 9.13 Å². The Bertz CT molecular complexity index is 461. The van der Waals surface area contributed by atoms with E-state index in [1.54, 1.807) is 19.2 Å². The average molecular weight is 291 g/mol. The van der Waals surface area contributed by atoms with Gasteiger partial charge in [-0.2, -0.15) is 0 Å². The van der Waals surface area contributed by atoms with Crippen LogP contribution in [0.1, 0.15) is 31.2 Å². The second-order valence-electron chi connectivity index (χ2n) is 6.92. The molecule has 1 aromatic rings. The minimum atomic E-state index is -0.140. The summed E-state index contributed by atoms with van der Waals surface area (Å²) >= 11 is 0. The van der Waals surface area contributed by atoms with E-state index in [2.05, 4.69) is 5.32 Å². The summed E-state index contributed by atoms with van der Waals surface area (Å²) in [6, 6.07) is 7.10. The van der Waals surface area contributed by atoms with Crippen LogP contribution in [0.15, 0.2) is 24.3 Å². The Hall–Kier alpha value is -0.930. The van der Waals surface area contributed by atoms with Gasteiger partial charge in [0, 0.05) is 20.2 Å². The molecule has 3 rings (SSSR count). The van der Waals surface area contributed by atoms with Crippen molar-refractivity contribution in [3.05, 3.63) is 35.6 Å². The molecule has 2 bridgehead atoms. The molecular formula is C18H26FNO. The number of rotatable bonds is 7. The molecule has 1 N–H and O–H groups in total. The second-order valence-corrected chi connectivity index (χ2v) is 6.92. The summed E-state index contributed by atoms with van der Waals surface area (Å²) in [7, 11) is 1.74. The predicted molar refractivity (Wildman–Crippen MR) is 82.7 cm³/mol. The standard InChI is InChI=1S/C18H26FNO/c1-21-9-8-20-13-18(12-15-2-5-16(18)10-15)11-14-3-6-17(19)7-4-14/h3-4,6-7,15-16,20H,2,5,8-13H2,1H3. The Morgan fingerprint density at radius 3 is 2.71 bits per heavy atom. The average Bonchev–Trinajstić information content (AvgIpc) is 3.07. The summed E-state index contributed by atoms with van der Waals surface area (Å²) in [6.45, 7) is 2.74. The highest BCUT2D eigenvalue weighted by molar-refractivity contribution is 5.20. The molecular weight excluding hydrogens is 265 g/mol. The molecule has 0 heterocycles. The molecule has 0 aliphatic heterocycles. The molecule has 3 heteroatoms. The summed E-state index contributed by atoms with van der Waals surface area (Å²) < 4.78 is 18.2. The van der Waals surface area contributed by atoms with E-state index in [1.165, 1.54) is 31.2 Å². The summed E-state index contributed by atoms with van der Waals surface area (Å²) in [5.41, 5.74) is 1.64. The lowest BCUT2D eigenvalue weighted by atomic mass is 9.69. The maximum Gasteiger partial charge on any atom is 0.123 e. The van der Waals surface area contributed by atoms with Gasteiger partial charge in [0.05, 0.1) is 6.61 Å². The summed E-state index contributed by atoms with van der Waals surface area (Å²) in [5.74, 6) is 1.61. The summed E-state index contributed by atoms with van der Waals surface area (Å²) in [5, 5.41) is 3.59. The van der Waals surface area contributed by atoms with Gasteiger partial charge in [0.25, 0.3) is 0 Å². The maximum atomic E-state index is 13.1. The highest BCUT2D eigenvalue weighted by Crippen LogP contribution is 2.57. The predicted octanol–water partition coefficient (Wildman–Crippen LogP) is 3.41. The van der Waals surface area contributed by atoms with Gasteiger partial charge < -0.3 is 10.1 Å². The lowest BCUT2D eigenvalue weighted by Crippen LogP contribution is -2.41. The fourth-order valence-electron chi connectivity index (χ4n) is 4.57. The number of hydrogen-bond donors (Lipinski definition) is 1. The summed E-state index contributed by atoms with van der Waals surface area (Å²) in [4.78, 5) is 0. The monoisotopic (exact) mass is 291 g/mol. The molecule has 0 radical (unpaired) electrons. The van der Waals surface area contributed by atoms with Crippen molar-refractivity contribution >= 4 is 0 Å². The maximum absolute atomic E-state index is 13.1. The van der Waals surface area contributed by atoms with Crippen molar-refractivity contribution in [3.63, 3.8) is 0 Å². The van der Waals surface area contributed by atoms with E-state index < -0.39 is 0 Å². The first kappa shape index (κ1) is 15.0. The van der Waals surface area contributed by atoms with Crippen molar-refractivity contribution in [1.29, 1.82) is 0 Å². The van der Waals surface area contributed by atoms with Crippen LogP contribution in [0.25, 0.3) is 0 Å². The van der Waals surface area contributed by atoms with Gasteiger partial charge in [-0.3, -0.25) is 0 Å². The van der Waals surface area contributed by atoms with E-state index in [9.17, 15) is 4.39 Å². The first-order chi connectivity index (χ1) is 10.2. The number of nitrogens with one attached hydrogen (secondary N) is 1. The van der Waals surface area contributed by atoms with Gasteiger partial charge in [-0.1, -0.05) is 18.6 Å². The van der Waals surface area contributed by atoms with Gasteiger partial charge in [0.15, 0.2) is 0 Å². The number of halogens is 1. The highest BCUT2D eigenvalue weighted by atomic mass is 19.1. The zero-order valence-electron chi connectivity index (χ0n) is 12.9. The van der Waals surface area contributed by atoms with E-state index in [4.69, 9.17) is 4.74 Å². The van der Waals surface area contributed by atoms with E-state index in [-0.39, 0.29) is 5.82 Å². The Labute approximate surface area is 127 Å². The molecule has 21 heavy (non-hydrogen) atoms. The molecule has 2 aliphatic carbocycles. The van der Waals surface area contributed by atoms with Crippen LogP contribution in [0.3, 0.4) is 0 Å². The molecule has 2 nitrogen and oxygen atoms in total. The van der Waals surface area contributed by atoms with Gasteiger partial charge in [0.1, 0.15) is 5.82 Å². The fourth-order valence-corrected chi connectivity index (χ4v) is 4.57. The molecule has 3 atom stereocenters. The molecule has 2 fully saturated rings. The van der Waals surface area contributed by atoms with Gasteiger partial charge >= 0.3 is 0 Å². The van der Waals surface area contributed by atoms with Crippen LogP contribution in [-0.2, 0) is 11.2 Å². The van der Waals surface area contributed by atoms with Crippen molar-refractivity contribution in [1.82, 2.24) is 5.32 Å². The summed E-state index contributed by atoms with van der Waals surface area (Å²) in [6.07, 6.45) is 6.59. The SMILES string of the molecule is COCCNCC1(Cc2ccc(F)cc2)CC2CCC1C2. The van der Waals surface area contributed by atoms with E-state index >= 15 is 0 Å². The molecule has 0 saturated heterocycles. The molecule has 2 aliphatic rings. The number of hydrogen-bond acceptors (Lipinski definition) is 2. The van der Waals surface area contributed by atoms with E-state index in [0.717, 1.165) is 38.0 Å². The molecule has 0 amide bonds. The lowest BCUT2D eigenvalue weighted by molar-refractivity contribution is 0.145. The van der Waals surface area contributed by atoms with Gasteiger partial charge in [-0.25, -0.2) is 4.39 Å². The zero-order valence-corrected chi connectivity index (χ0v) is 12.9. The molecule has 2 saturated carbocycles. The Kier molecular flexibility index (Phi) is 4.60. The van der Waals surface area contributed by atoms with Crippen molar-refractivity contribution in [2.75, 3.05) is 26.8 Å². The van der Waals surface area contributed by atoms with Crippen LogP contribution < -0.4 is 5.32 Å². The lowest BCUT2D eigenvalue weighted by Gasteiger charge is -2.38. The van der Waals surface area contributed by atoms with Crippen LogP contribution in [0.5, 0.6) is 0 Å². The Balaban J connectivity index is 1.69. The van der Waals surface area contributed by atoms with Gasteiger partial charge in [-0.15, -0.1) is 0 Å². The fraction of sp³-hybridized carbons (Fsp3) is 0.667. The van der Waals surface area contributed by atoms with Crippen molar-refractivity contribution in [2.45, 2.75) is 32.1 Å². The highest BCUT2D eigenvalue weighted by Gasteiger charge is 2.50. The third-order valence-electron chi connectivity index (χ3n) is 5.53. The zero-order chi connectivity index (χ0) is 14.7. The van der Waals surface area contributed by atoms with Crippen LogP contribution in [-0.4, -0.2) is 26.8 Å². The van der Waals surface area contributed by atoms with Gasteiger partial charge in [0.2, 0.25) is 0 Å². The Morgan fingerprint density at radius 1 is 1.29 bits per heavy atom. The third-order valence-corrected chi connectivity index (χ3v) is 5.53. The minimum Gasteiger partial charge on any atom is -0.383 e. The Morgan fingerprint density at radius 2 is 2.10 bits per heavy atom. The van der Waals surface area contributed by atoms with E-state index in [0.29, 0.717) is 5.41 Å². The van der Waals surface area contributed by atoms with Crippen LogP contribution in [0.4, 0.5) is 4.39 Å². The molecule has 0 aromatic heterocycles. The van der Waals surface area contributed by atoms with Crippen LogP contribution in [0.2, 0.25) is 0 Å². The normalized spacial score (nSPS) is 31.0.